The molecule has 1 aromatic carbocycles. The number of hydrogen-bond donors (Lipinski definition) is 1. The van der Waals surface area contributed by atoms with Gasteiger partial charge in [-0.3, -0.25) is 9.59 Å². The Morgan fingerprint density at radius 2 is 2.03 bits per heavy atom. The van der Waals surface area contributed by atoms with Crippen molar-refractivity contribution >= 4 is 18.9 Å². The van der Waals surface area contributed by atoms with Crippen LogP contribution in [0.15, 0.2) is 30.3 Å². The van der Waals surface area contributed by atoms with Crippen molar-refractivity contribution in [2.75, 3.05) is 26.2 Å². The Balaban J connectivity index is 1.26. The molecule has 6 rings (SSSR count). The summed E-state index contributed by atoms with van der Waals surface area (Å²) in [4.78, 5) is 30.1. The lowest BCUT2D eigenvalue weighted by Gasteiger charge is -2.64. The van der Waals surface area contributed by atoms with Crippen molar-refractivity contribution in [1.82, 2.24) is 10.2 Å². The third kappa shape index (κ3) is 4.67. The number of benzene rings is 1. The first kappa shape index (κ1) is 25.3. The standard InChI is InChI=1S/C27H36BN3O5/c1-26(2)19-13-21(26)27(3)22(14-19)35-28(36-27)23(12-18-8-6-5-7-9-18)30-24(32)15-20-17-31(10-11-34-20)25(33)16-29-4/h5-9,19-23H,10-17H2,1-3H3,(H,30,32)/t19-,20+,21-,22+,23-,27-/m0/s1. The number of carbonyl (C=O) groups is 2. The summed E-state index contributed by atoms with van der Waals surface area (Å²) in [7, 11) is -0.525. The van der Waals surface area contributed by atoms with Crippen molar-refractivity contribution in [1.29, 1.82) is 0 Å². The molecular weight excluding hydrogens is 457 g/mol. The summed E-state index contributed by atoms with van der Waals surface area (Å²) < 4.78 is 19.0. The fraction of sp³-hybridized carbons (Fsp3) is 0.667. The average Bonchev–Trinajstić information content (AvgIpc) is 3.21. The molecule has 2 amide bonds. The SMILES string of the molecule is [C-]#[N+]CC(=O)N1CCO[C@H](CC(=O)N[C@@H](Cc2ccccc2)B2O[C@@H]3C[C@@H]4C[C@@H](C4(C)C)[C@]3(C)O2)C1. The number of carbonyl (C=O) groups excluding carboxylic acids is 2. The molecular formula is C27H36BN3O5. The van der Waals surface area contributed by atoms with Crippen LogP contribution in [-0.2, 0) is 30.1 Å². The molecule has 9 heteroatoms. The van der Waals surface area contributed by atoms with Crippen molar-refractivity contribution in [3.63, 3.8) is 0 Å². The topological polar surface area (TPSA) is 81.5 Å². The fourth-order valence-corrected chi connectivity index (χ4v) is 6.86. The van der Waals surface area contributed by atoms with E-state index in [0.717, 1.165) is 12.0 Å². The molecule has 1 aromatic rings. The Morgan fingerprint density at radius 3 is 2.75 bits per heavy atom. The van der Waals surface area contributed by atoms with Gasteiger partial charge in [0.1, 0.15) is 0 Å². The van der Waals surface area contributed by atoms with Crippen LogP contribution < -0.4 is 5.32 Å². The van der Waals surface area contributed by atoms with Crippen molar-refractivity contribution in [3.8, 4) is 0 Å². The van der Waals surface area contributed by atoms with Gasteiger partial charge in [0.2, 0.25) is 5.91 Å². The summed E-state index contributed by atoms with van der Waals surface area (Å²) in [6, 6.07) is 10.1. The Morgan fingerprint density at radius 1 is 1.25 bits per heavy atom. The molecule has 5 fully saturated rings. The van der Waals surface area contributed by atoms with E-state index >= 15 is 0 Å². The predicted octanol–water partition coefficient (Wildman–Crippen LogP) is 2.52. The molecule has 5 aliphatic rings. The van der Waals surface area contributed by atoms with Crippen LogP contribution in [0.4, 0.5) is 0 Å². The minimum absolute atomic E-state index is 0.0400. The van der Waals surface area contributed by atoms with Gasteiger partial charge in [0.25, 0.3) is 6.54 Å². The number of morpholine rings is 1. The Kier molecular flexibility index (Phi) is 6.88. The van der Waals surface area contributed by atoms with Gasteiger partial charge in [-0.15, -0.1) is 0 Å². The quantitative estimate of drug-likeness (QED) is 0.467. The van der Waals surface area contributed by atoms with Crippen LogP contribution in [0, 0.1) is 23.8 Å². The molecule has 0 radical (unpaired) electrons. The lowest BCUT2D eigenvalue weighted by molar-refractivity contribution is -0.199. The highest BCUT2D eigenvalue weighted by Gasteiger charge is 2.68. The smallest absolute Gasteiger partial charge is 0.404 e. The van der Waals surface area contributed by atoms with E-state index in [1.165, 1.54) is 6.42 Å². The second-order valence-corrected chi connectivity index (χ2v) is 11.6. The van der Waals surface area contributed by atoms with Crippen LogP contribution in [0.2, 0.25) is 0 Å². The van der Waals surface area contributed by atoms with Gasteiger partial charge in [-0.1, -0.05) is 44.2 Å². The minimum Gasteiger partial charge on any atom is -0.404 e. The zero-order valence-electron chi connectivity index (χ0n) is 21.4. The van der Waals surface area contributed by atoms with Gasteiger partial charge >= 0.3 is 13.0 Å². The molecule has 2 heterocycles. The van der Waals surface area contributed by atoms with E-state index in [9.17, 15) is 9.59 Å². The fourth-order valence-electron chi connectivity index (χ4n) is 6.86. The first-order valence-electron chi connectivity index (χ1n) is 13.1. The van der Waals surface area contributed by atoms with E-state index in [0.29, 0.717) is 38.0 Å². The van der Waals surface area contributed by atoms with Gasteiger partial charge in [0.05, 0.1) is 36.8 Å². The van der Waals surface area contributed by atoms with Crippen molar-refractivity contribution < 1.29 is 23.6 Å². The molecule has 2 bridgehead atoms. The van der Waals surface area contributed by atoms with Gasteiger partial charge in [0.15, 0.2) is 0 Å². The molecule has 192 valence electrons. The highest BCUT2D eigenvalue weighted by molar-refractivity contribution is 6.48. The monoisotopic (exact) mass is 493 g/mol. The lowest BCUT2D eigenvalue weighted by atomic mass is 9.43. The number of nitrogens with zero attached hydrogens (tertiary/aromatic N) is 2. The van der Waals surface area contributed by atoms with Crippen LogP contribution >= 0.6 is 0 Å². The second kappa shape index (κ2) is 9.81. The summed E-state index contributed by atoms with van der Waals surface area (Å²) >= 11 is 0. The van der Waals surface area contributed by atoms with Crippen LogP contribution in [-0.4, -0.2) is 73.8 Å². The van der Waals surface area contributed by atoms with Gasteiger partial charge in [-0.2, -0.15) is 0 Å². The van der Waals surface area contributed by atoms with Gasteiger partial charge in [-0.05, 0) is 49.0 Å². The van der Waals surface area contributed by atoms with Crippen molar-refractivity contribution in [2.45, 2.75) is 70.2 Å². The molecule has 3 aliphatic carbocycles. The van der Waals surface area contributed by atoms with Gasteiger partial charge < -0.3 is 29.1 Å². The Labute approximate surface area is 214 Å². The van der Waals surface area contributed by atoms with E-state index in [-0.39, 0.29) is 47.8 Å². The maximum Gasteiger partial charge on any atom is 0.482 e. The maximum atomic E-state index is 13.2. The first-order chi connectivity index (χ1) is 17.2. The van der Waals surface area contributed by atoms with Crippen LogP contribution in [0.3, 0.4) is 0 Å². The third-order valence-electron chi connectivity index (χ3n) is 9.06. The molecule has 36 heavy (non-hydrogen) atoms. The summed E-state index contributed by atoms with van der Waals surface area (Å²) in [5, 5.41) is 3.18. The number of hydrogen-bond acceptors (Lipinski definition) is 5. The number of amides is 2. The maximum absolute atomic E-state index is 13.2. The first-order valence-corrected chi connectivity index (χ1v) is 13.1. The highest BCUT2D eigenvalue weighted by Crippen LogP contribution is 2.65. The summed E-state index contributed by atoms with van der Waals surface area (Å²) in [5.41, 5.74) is 1.000. The van der Waals surface area contributed by atoms with Crippen LogP contribution in [0.1, 0.15) is 45.6 Å². The molecule has 0 aromatic heterocycles. The molecule has 2 saturated heterocycles. The highest BCUT2D eigenvalue weighted by atomic mass is 16.7. The molecule has 1 N–H and O–H groups in total. The van der Waals surface area contributed by atoms with E-state index in [2.05, 4.69) is 30.9 Å². The zero-order valence-corrected chi connectivity index (χ0v) is 21.4. The van der Waals surface area contributed by atoms with E-state index in [4.69, 9.17) is 20.6 Å². The lowest BCUT2D eigenvalue weighted by Crippen LogP contribution is -2.65. The molecule has 3 saturated carbocycles. The van der Waals surface area contributed by atoms with Crippen LogP contribution in [0.5, 0.6) is 0 Å². The molecule has 2 aliphatic heterocycles. The minimum atomic E-state index is -0.525. The van der Waals surface area contributed by atoms with E-state index in [1.807, 2.05) is 30.3 Å². The summed E-state index contributed by atoms with van der Waals surface area (Å²) in [5.74, 6) is 0.386. The average molecular weight is 493 g/mol. The largest absolute Gasteiger partial charge is 0.482 e. The molecule has 0 unspecified atom stereocenters. The van der Waals surface area contributed by atoms with Crippen molar-refractivity contribution in [3.05, 3.63) is 47.3 Å². The summed E-state index contributed by atoms with van der Waals surface area (Å²) in [6.07, 6.45) is 2.54. The van der Waals surface area contributed by atoms with Gasteiger partial charge in [0, 0.05) is 13.1 Å². The van der Waals surface area contributed by atoms with Crippen LogP contribution in [0.25, 0.3) is 4.85 Å². The molecule has 8 nitrogen and oxygen atoms in total. The van der Waals surface area contributed by atoms with Gasteiger partial charge in [-0.25, -0.2) is 6.57 Å². The Hall–Kier alpha value is -2.41. The molecule has 6 atom stereocenters. The molecule has 0 spiro atoms. The van der Waals surface area contributed by atoms with E-state index < -0.39 is 13.2 Å². The second-order valence-electron chi connectivity index (χ2n) is 11.6. The Bertz CT molecular complexity index is 1030. The predicted molar refractivity (Wildman–Crippen MR) is 135 cm³/mol. The zero-order chi connectivity index (χ0) is 25.5. The summed E-state index contributed by atoms with van der Waals surface area (Å²) in [6.45, 7) is 14.8. The number of rotatable bonds is 7. The number of ether oxygens (including phenoxy) is 1. The normalized spacial score (nSPS) is 33.2. The number of nitrogens with one attached hydrogen (secondary N) is 1. The van der Waals surface area contributed by atoms with E-state index in [1.54, 1.807) is 4.90 Å². The third-order valence-corrected chi connectivity index (χ3v) is 9.06. The van der Waals surface area contributed by atoms with Crippen molar-refractivity contribution in [2.24, 2.45) is 17.3 Å².